The van der Waals surface area contributed by atoms with Gasteiger partial charge < -0.3 is 9.47 Å². The van der Waals surface area contributed by atoms with E-state index in [2.05, 4.69) is 14.5 Å². The molecule has 0 saturated carbocycles. The van der Waals surface area contributed by atoms with Gasteiger partial charge in [-0.25, -0.2) is 18.6 Å². The van der Waals surface area contributed by atoms with E-state index in [0.717, 1.165) is 0 Å². The maximum Gasteiger partial charge on any atom is 0.573 e. The van der Waals surface area contributed by atoms with E-state index in [1.54, 1.807) is 0 Å². The fraction of sp³-hybridized carbons (Fsp3) is 0.455. The Balaban J connectivity index is 3.45. The Morgan fingerprint density at radius 3 is 2.48 bits per heavy atom. The van der Waals surface area contributed by atoms with Crippen molar-refractivity contribution in [2.45, 2.75) is 25.6 Å². The fourth-order valence-electron chi connectivity index (χ4n) is 1.43. The van der Waals surface area contributed by atoms with Crippen molar-refractivity contribution < 1.29 is 36.2 Å². The number of aromatic nitrogens is 1. The Kier molecular flexibility index (Phi) is 5.70. The molecule has 10 heteroatoms. The highest BCUT2D eigenvalue weighted by molar-refractivity contribution is 6.17. The SMILES string of the molecule is CCOC(=O)c1c(OC(F)(F)F)cc(C(F)F)nc1CCl. The van der Waals surface area contributed by atoms with Crippen LogP contribution < -0.4 is 4.74 Å². The third-order valence-corrected chi connectivity index (χ3v) is 2.39. The third kappa shape index (κ3) is 4.69. The number of pyridine rings is 1. The molecule has 0 N–H and O–H groups in total. The number of alkyl halides is 6. The molecule has 0 aromatic carbocycles. The van der Waals surface area contributed by atoms with E-state index in [9.17, 15) is 26.7 Å². The number of hydrogen-bond acceptors (Lipinski definition) is 4. The number of nitrogens with zero attached hydrogens (tertiary/aromatic N) is 1. The van der Waals surface area contributed by atoms with Crippen molar-refractivity contribution in [2.24, 2.45) is 0 Å². The normalized spacial score (nSPS) is 11.6. The Bertz CT molecular complexity index is 521. The molecule has 118 valence electrons. The van der Waals surface area contributed by atoms with Crippen LogP contribution in [-0.4, -0.2) is 23.9 Å². The molecule has 0 amide bonds. The number of halogens is 6. The van der Waals surface area contributed by atoms with Gasteiger partial charge >= 0.3 is 12.3 Å². The highest BCUT2D eigenvalue weighted by Crippen LogP contribution is 2.32. The van der Waals surface area contributed by atoms with E-state index in [0.29, 0.717) is 6.07 Å². The Morgan fingerprint density at radius 1 is 1.43 bits per heavy atom. The molecule has 0 aliphatic carbocycles. The summed E-state index contributed by atoms with van der Waals surface area (Å²) in [5.41, 5.74) is -2.20. The van der Waals surface area contributed by atoms with Gasteiger partial charge in [0.05, 0.1) is 18.2 Å². The van der Waals surface area contributed by atoms with Crippen molar-refractivity contribution in [3.8, 4) is 5.75 Å². The molecule has 0 saturated heterocycles. The van der Waals surface area contributed by atoms with Crippen molar-refractivity contribution in [2.75, 3.05) is 6.61 Å². The van der Waals surface area contributed by atoms with Crippen molar-refractivity contribution in [3.05, 3.63) is 23.0 Å². The standard InChI is InChI=1S/C11H9ClF5NO3/c1-2-20-10(19)8-6(4-12)18-5(9(13)14)3-7(8)21-11(15,16)17/h3,9H,2,4H2,1H3. The molecular formula is C11H9ClF5NO3. The van der Waals surface area contributed by atoms with E-state index in [-0.39, 0.29) is 6.61 Å². The Hall–Kier alpha value is -1.64. The topological polar surface area (TPSA) is 48.4 Å². The second kappa shape index (κ2) is 6.88. The van der Waals surface area contributed by atoms with Crippen molar-refractivity contribution in [1.82, 2.24) is 4.98 Å². The van der Waals surface area contributed by atoms with Gasteiger partial charge in [-0.15, -0.1) is 24.8 Å². The maximum atomic E-state index is 12.6. The predicted molar refractivity (Wildman–Crippen MR) is 61.4 cm³/mol. The van der Waals surface area contributed by atoms with Crippen LogP contribution in [-0.2, 0) is 10.6 Å². The molecule has 1 heterocycles. The first-order valence-corrected chi connectivity index (χ1v) is 6.03. The summed E-state index contributed by atoms with van der Waals surface area (Å²) in [4.78, 5) is 15.0. The second-order valence-electron chi connectivity index (χ2n) is 3.57. The summed E-state index contributed by atoms with van der Waals surface area (Å²) in [6, 6.07) is 0.334. The van der Waals surface area contributed by atoms with Gasteiger partial charge in [-0.1, -0.05) is 0 Å². The van der Waals surface area contributed by atoms with Gasteiger partial charge in [-0.05, 0) is 6.92 Å². The third-order valence-electron chi connectivity index (χ3n) is 2.13. The zero-order chi connectivity index (χ0) is 16.2. The largest absolute Gasteiger partial charge is 0.573 e. The number of rotatable bonds is 5. The van der Waals surface area contributed by atoms with Gasteiger partial charge in [0.2, 0.25) is 0 Å². The zero-order valence-corrected chi connectivity index (χ0v) is 11.3. The van der Waals surface area contributed by atoms with Gasteiger partial charge in [0, 0.05) is 6.07 Å². The van der Waals surface area contributed by atoms with E-state index in [1.165, 1.54) is 6.92 Å². The molecule has 0 atom stereocenters. The molecule has 0 spiro atoms. The minimum atomic E-state index is -5.18. The monoisotopic (exact) mass is 333 g/mol. The number of carbonyl (C=O) groups is 1. The smallest absolute Gasteiger partial charge is 0.462 e. The number of hydrogen-bond donors (Lipinski definition) is 0. The maximum absolute atomic E-state index is 12.6. The molecule has 0 unspecified atom stereocenters. The molecule has 0 aliphatic heterocycles. The quantitative estimate of drug-likeness (QED) is 0.467. The van der Waals surface area contributed by atoms with Crippen LogP contribution >= 0.6 is 11.6 Å². The van der Waals surface area contributed by atoms with Crippen molar-refractivity contribution in [3.63, 3.8) is 0 Å². The number of carbonyl (C=O) groups excluding carboxylic acids is 1. The lowest BCUT2D eigenvalue weighted by molar-refractivity contribution is -0.274. The molecule has 0 fully saturated rings. The first kappa shape index (κ1) is 17.4. The number of esters is 1. The van der Waals surface area contributed by atoms with Crippen LogP contribution in [0.4, 0.5) is 22.0 Å². The lowest BCUT2D eigenvalue weighted by Crippen LogP contribution is -2.21. The average Bonchev–Trinajstić information content (AvgIpc) is 2.35. The summed E-state index contributed by atoms with van der Waals surface area (Å²) in [6.45, 7) is 1.28. The molecular weight excluding hydrogens is 325 g/mol. The molecule has 1 aromatic heterocycles. The predicted octanol–water partition coefficient (Wildman–Crippen LogP) is 3.83. The summed E-state index contributed by atoms with van der Waals surface area (Å²) < 4.78 is 70.4. The summed E-state index contributed by atoms with van der Waals surface area (Å²) in [5, 5.41) is 0. The van der Waals surface area contributed by atoms with Gasteiger partial charge in [-0.2, -0.15) is 0 Å². The first-order chi connectivity index (χ1) is 9.69. The summed E-state index contributed by atoms with van der Waals surface area (Å²) in [5.74, 6) is -2.88. The number of ether oxygens (including phenoxy) is 2. The minimum absolute atomic E-state index is 0.136. The molecule has 0 aliphatic rings. The van der Waals surface area contributed by atoms with E-state index in [1.807, 2.05) is 0 Å². The van der Waals surface area contributed by atoms with Crippen LogP contribution in [0.1, 0.15) is 35.1 Å². The van der Waals surface area contributed by atoms with Gasteiger partial charge in [0.1, 0.15) is 17.0 Å². The summed E-state index contributed by atoms with van der Waals surface area (Å²) >= 11 is 5.44. The summed E-state index contributed by atoms with van der Waals surface area (Å²) in [7, 11) is 0. The Morgan fingerprint density at radius 2 is 2.05 bits per heavy atom. The van der Waals surface area contributed by atoms with Crippen molar-refractivity contribution in [1.29, 1.82) is 0 Å². The van der Waals surface area contributed by atoms with Crippen LogP contribution in [0.3, 0.4) is 0 Å². The molecule has 1 rings (SSSR count). The van der Waals surface area contributed by atoms with Crippen LogP contribution in [0, 0.1) is 0 Å². The molecule has 1 aromatic rings. The van der Waals surface area contributed by atoms with Gasteiger partial charge in [-0.3, -0.25) is 0 Å². The highest BCUT2D eigenvalue weighted by Gasteiger charge is 2.35. The van der Waals surface area contributed by atoms with Crippen LogP contribution in [0.2, 0.25) is 0 Å². The fourth-order valence-corrected chi connectivity index (χ4v) is 1.62. The molecule has 0 radical (unpaired) electrons. The molecule has 21 heavy (non-hydrogen) atoms. The minimum Gasteiger partial charge on any atom is -0.462 e. The highest BCUT2D eigenvalue weighted by atomic mass is 35.5. The van der Waals surface area contributed by atoms with Gasteiger partial charge in [0.15, 0.2) is 0 Å². The lowest BCUT2D eigenvalue weighted by atomic mass is 10.1. The Labute approximate surface area is 120 Å². The average molecular weight is 334 g/mol. The zero-order valence-electron chi connectivity index (χ0n) is 10.5. The van der Waals surface area contributed by atoms with Crippen LogP contribution in [0.5, 0.6) is 5.75 Å². The van der Waals surface area contributed by atoms with Crippen LogP contribution in [0.15, 0.2) is 6.07 Å². The van der Waals surface area contributed by atoms with E-state index < -0.39 is 47.3 Å². The van der Waals surface area contributed by atoms with Crippen molar-refractivity contribution >= 4 is 17.6 Å². The van der Waals surface area contributed by atoms with Gasteiger partial charge in [0.25, 0.3) is 6.43 Å². The first-order valence-electron chi connectivity index (χ1n) is 5.50. The molecule has 0 bridgehead atoms. The van der Waals surface area contributed by atoms with Crippen LogP contribution in [0.25, 0.3) is 0 Å². The summed E-state index contributed by atoms with van der Waals surface area (Å²) in [6.07, 6.45) is -8.33. The second-order valence-corrected chi connectivity index (χ2v) is 3.84. The molecule has 4 nitrogen and oxygen atoms in total. The van der Waals surface area contributed by atoms with E-state index in [4.69, 9.17) is 11.6 Å². The van der Waals surface area contributed by atoms with E-state index >= 15 is 0 Å². The lowest BCUT2D eigenvalue weighted by Gasteiger charge is -2.16.